The summed E-state index contributed by atoms with van der Waals surface area (Å²) in [5.74, 6) is 2.58. The van der Waals surface area contributed by atoms with E-state index in [2.05, 4.69) is 10.3 Å². The molecule has 0 radical (unpaired) electrons. The summed E-state index contributed by atoms with van der Waals surface area (Å²) in [7, 11) is 3.59. The van der Waals surface area contributed by atoms with E-state index in [9.17, 15) is 4.79 Å². The Hall–Kier alpha value is -2.28. The Labute approximate surface area is 141 Å². The normalized spacial score (nSPS) is 17.4. The molecule has 1 N–H and O–H groups in total. The van der Waals surface area contributed by atoms with Gasteiger partial charge >= 0.3 is 6.03 Å². The highest BCUT2D eigenvalue weighted by molar-refractivity contribution is 5.75. The van der Waals surface area contributed by atoms with Crippen LogP contribution in [-0.2, 0) is 24.8 Å². The molecule has 1 fully saturated rings. The highest BCUT2D eigenvalue weighted by Crippen LogP contribution is 2.33. The third-order valence-electron chi connectivity index (χ3n) is 4.36. The van der Waals surface area contributed by atoms with E-state index in [1.54, 1.807) is 13.3 Å². The van der Waals surface area contributed by atoms with Crippen molar-refractivity contribution in [2.45, 2.75) is 31.9 Å². The Balaban J connectivity index is 1.55. The standard InChI is InChI=1S/C17H24N4O3/c1-20-11-9-18-16(20)7-8-19-17(22)21-10-3-4-14(21)15-6-5-13(24-15)12-23-2/h5-6,9,11,14H,3-4,7-8,10,12H2,1-2H3,(H,19,22)/t14-/m1/s1. The van der Waals surface area contributed by atoms with E-state index in [4.69, 9.17) is 9.15 Å². The summed E-state index contributed by atoms with van der Waals surface area (Å²) in [5, 5.41) is 2.99. The fraction of sp³-hybridized carbons (Fsp3) is 0.529. The van der Waals surface area contributed by atoms with Crippen LogP contribution in [0.4, 0.5) is 4.79 Å². The van der Waals surface area contributed by atoms with Gasteiger partial charge < -0.3 is 23.9 Å². The molecule has 7 nitrogen and oxygen atoms in total. The SMILES string of the molecule is COCc1ccc([C@H]2CCCN2C(=O)NCCc2nccn2C)o1. The predicted molar refractivity (Wildman–Crippen MR) is 88.4 cm³/mol. The van der Waals surface area contributed by atoms with Gasteiger partial charge in [0.1, 0.15) is 24.0 Å². The average molecular weight is 332 g/mol. The van der Waals surface area contributed by atoms with Crippen molar-refractivity contribution in [3.8, 4) is 0 Å². The van der Waals surface area contributed by atoms with Crippen molar-refractivity contribution in [2.24, 2.45) is 7.05 Å². The quantitative estimate of drug-likeness (QED) is 0.880. The molecule has 2 aromatic heterocycles. The van der Waals surface area contributed by atoms with Gasteiger partial charge in [0.05, 0.1) is 6.04 Å². The first kappa shape index (κ1) is 16.6. The second kappa shape index (κ2) is 7.53. The van der Waals surface area contributed by atoms with Gasteiger partial charge in [-0.05, 0) is 25.0 Å². The number of hydrogen-bond donors (Lipinski definition) is 1. The molecule has 130 valence electrons. The number of amides is 2. The summed E-state index contributed by atoms with van der Waals surface area (Å²) < 4.78 is 12.9. The van der Waals surface area contributed by atoms with Crippen molar-refractivity contribution in [2.75, 3.05) is 20.2 Å². The van der Waals surface area contributed by atoms with Gasteiger partial charge in [0.15, 0.2) is 0 Å². The van der Waals surface area contributed by atoms with Crippen LogP contribution in [0.5, 0.6) is 0 Å². The maximum absolute atomic E-state index is 12.5. The molecule has 0 aliphatic carbocycles. The van der Waals surface area contributed by atoms with Crippen molar-refractivity contribution in [1.29, 1.82) is 0 Å². The second-order valence-electron chi connectivity index (χ2n) is 6.02. The number of likely N-dealkylation sites (tertiary alicyclic amines) is 1. The van der Waals surface area contributed by atoms with Crippen LogP contribution in [0.3, 0.4) is 0 Å². The summed E-state index contributed by atoms with van der Waals surface area (Å²) in [6.07, 6.45) is 6.29. The number of furan rings is 1. The Morgan fingerprint density at radius 3 is 3.12 bits per heavy atom. The van der Waals surface area contributed by atoms with Crippen LogP contribution in [-0.4, -0.2) is 40.7 Å². The zero-order valence-electron chi connectivity index (χ0n) is 14.2. The minimum Gasteiger partial charge on any atom is -0.461 e. The molecule has 1 atom stereocenters. The summed E-state index contributed by atoms with van der Waals surface area (Å²) in [4.78, 5) is 18.6. The first-order valence-corrected chi connectivity index (χ1v) is 8.27. The van der Waals surface area contributed by atoms with E-state index in [1.165, 1.54) is 0 Å². The van der Waals surface area contributed by atoms with Crippen molar-refractivity contribution in [3.05, 3.63) is 41.9 Å². The van der Waals surface area contributed by atoms with Gasteiger partial charge in [-0.3, -0.25) is 0 Å². The Morgan fingerprint density at radius 2 is 2.38 bits per heavy atom. The van der Waals surface area contributed by atoms with E-state index < -0.39 is 0 Å². The minimum atomic E-state index is -0.0450. The Kier molecular flexibility index (Phi) is 5.20. The topological polar surface area (TPSA) is 72.5 Å². The molecule has 2 amide bonds. The maximum atomic E-state index is 12.5. The largest absolute Gasteiger partial charge is 0.461 e. The van der Waals surface area contributed by atoms with Crippen molar-refractivity contribution >= 4 is 6.03 Å². The Bertz CT molecular complexity index is 679. The zero-order valence-corrected chi connectivity index (χ0v) is 14.2. The third-order valence-corrected chi connectivity index (χ3v) is 4.36. The number of rotatable bonds is 6. The highest BCUT2D eigenvalue weighted by Gasteiger charge is 2.32. The number of nitrogens with zero attached hydrogens (tertiary/aromatic N) is 3. The minimum absolute atomic E-state index is 0.00349. The molecule has 1 saturated heterocycles. The molecule has 0 spiro atoms. The number of carbonyl (C=O) groups is 1. The summed E-state index contributed by atoms with van der Waals surface area (Å²) in [6, 6.07) is 3.81. The number of hydrogen-bond acceptors (Lipinski definition) is 4. The summed E-state index contributed by atoms with van der Waals surface area (Å²) in [5.41, 5.74) is 0. The monoisotopic (exact) mass is 332 g/mol. The smallest absolute Gasteiger partial charge is 0.318 e. The number of aromatic nitrogens is 2. The molecule has 7 heteroatoms. The van der Waals surface area contributed by atoms with Crippen LogP contribution in [0.25, 0.3) is 0 Å². The van der Waals surface area contributed by atoms with Crippen LogP contribution >= 0.6 is 0 Å². The first-order chi connectivity index (χ1) is 11.7. The fourth-order valence-electron chi connectivity index (χ4n) is 3.12. The molecule has 24 heavy (non-hydrogen) atoms. The molecular weight excluding hydrogens is 308 g/mol. The number of carbonyl (C=O) groups excluding carboxylic acids is 1. The zero-order chi connectivity index (χ0) is 16.9. The van der Waals surface area contributed by atoms with Crippen LogP contribution in [0.1, 0.15) is 36.2 Å². The lowest BCUT2D eigenvalue weighted by atomic mass is 10.2. The molecular formula is C17H24N4O3. The van der Waals surface area contributed by atoms with Crippen molar-refractivity contribution in [3.63, 3.8) is 0 Å². The maximum Gasteiger partial charge on any atom is 0.318 e. The van der Waals surface area contributed by atoms with Gasteiger partial charge in [0.25, 0.3) is 0 Å². The molecule has 0 bridgehead atoms. The lowest BCUT2D eigenvalue weighted by Crippen LogP contribution is -2.40. The molecule has 0 unspecified atom stereocenters. The number of imidazole rings is 1. The third kappa shape index (κ3) is 3.62. The first-order valence-electron chi connectivity index (χ1n) is 8.27. The fourth-order valence-corrected chi connectivity index (χ4v) is 3.12. The van der Waals surface area contributed by atoms with E-state index in [0.717, 1.165) is 36.7 Å². The molecule has 3 rings (SSSR count). The molecule has 0 saturated carbocycles. The number of nitrogens with one attached hydrogen (secondary N) is 1. The van der Waals surface area contributed by atoms with E-state index >= 15 is 0 Å². The van der Waals surface area contributed by atoms with Crippen molar-refractivity contribution < 1.29 is 13.9 Å². The summed E-state index contributed by atoms with van der Waals surface area (Å²) in [6.45, 7) is 1.77. The molecule has 2 aromatic rings. The number of methoxy groups -OCH3 is 1. The van der Waals surface area contributed by atoms with Crippen LogP contribution in [0, 0.1) is 0 Å². The number of urea groups is 1. The predicted octanol–water partition coefficient (Wildman–Crippen LogP) is 2.25. The van der Waals surface area contributed by atoms with E-state index in [1.807, 2.05) is 34.8 Å². The van der Waals surface area contributed by atoms with Gasteiger partial charge in [0, 0.05) is 46.1 Å². The number of aryl methyl sites for hydroxylation is 1. The van der Waals surface area contributed by atoms with E-state index in [0.29, 0.717) is 19.6 Å². The van der Waals surface area contributed by atoms with Gasteiger partial charge in [-0.15, -0.1) is 0 Å². The van der Waals surface area contributed by atoms with Gasteiger partial charge in [0.2, 0.25) is 0 Å². The Morgan fingerprint density at radius 1 is 1.50 bits per heavy atom. The van der Waals surface area contributed by atoms with E-state index in [-0.39, 0.29) is 12.1 Å². The number of ether oxygens (including phenoxy) is 1. The van der Waals surface area contributed by atoms with Gasteiger partial charge in [-0.2, -0.15) is 0 Å². The molecule has 3 heterocycles. The average Bonchev–Trinajstić information content (AvgIpc) is 3.28. The molecule has 1 aliphatic rings. The van der Waals surface area contributed by atoms with Crippen molar-refractivity contribution in [1.82, 2.24) is 19.8 Å². The molecule has 0 aromatic carbocycles. The van der Waals surface area contributed by atoms with Gasteiger partial charge in [-0.1, -0.05) is 0 Å². The summed E-state index contributed by atoms with van der Waals surface area (Å²) >= 11 is 0. The highest BCUT2D eigenvalue weighted by atomic mass is 16.5. The lowest BCUT2D eigenvalue weighted by Gasteiger charge is -2.23. The molecule has 1 aliphatic heterocycles. The van der Waals surface area contributed by atoms with Gasteiger partial charge in [-0.25, -0.2) is 9.78 Å². The van der Waals surface area contributed by atoms with Crippen LogP contribution < -0.4 is 5.32 Å². The van der Waals surface area contributed by atoms with Crippen LogP contribution in [0.2, 0.25) is 0 Å². The van der Waals surface area contributed by atoms with Crippen LogP contribution in [0.15, 0.2) is 28.9 Å². The second-order valence-corrected chi connectivity index (χ2v) is 6.02. The lowest BCUT2D eigenvalue weighted by molar-refractivity contribution is 0.156.